The average Bonchev–Trinajstić information content (AvgIpc) is 2.77. The maximum absolute atomic E-state index is 14.1. The number of sulfone groups is 1. The summed E-state index contributed by atoms with van der Waals surface area (Å²) in [5.74, 6) is -4.21. The molecule has 0 aromatic heterocycles. The van der Waals surface area contributed by atoms with E-state index in [9.17, 15) is 21.6 Å². The number of halogens is 3. The number of nitriles is 1. The fourth-order valence-electron chi connectivity index (χ4n) is 2.94. The topological polar surface area (TPSA) is 93.2 Å². The van der Waals surface area contributed by atoms with Crippen LogP contribution in [0.1, 0.15) is 22.7 Å². The average molecular weight is 382 g/mol. The predicted octanol–water partition coefficient (Wildman–Crippen LogP) is 3.08. The van der Waals surface area contributed by atoms with Gasteiger partial charge in [0.05, 0.1) is 22.6 Å². The van der Waals surface area contributed by atoms with Crippen molar-refractivity contribution in [2.45, 2.75) is 23.3 Å². The van der Waals surface area contributed by atoms with Crippen molar-refractivity contribution in [1.29, 1.82) is 5.26 Å². The van der Waals surface area contributed by atoms with Gasteiger partial charge in [0.25, 0.3) is 5.92 Å². The summed E-state index contributed by atoms with van der Waals surface area (Å²) in [5, 5.41) is 8.88. The van der Waals surface area contributed by atoms with E-state index < -0.39 is 34.0 Å². The number of hydrogen-bond donors (Lipinski definition) is 1. The molecule has 0 saturated carbocycles. The molecule has 0 unspecified atom stereocenters. The van der Waals surface area contributed by atoms with Crippen molar-refractivity contribution in [3.8, 4) is 17.6 Å². The van der Waals surface area contributed by atoms with Gasteiger partial charge < -0.3 is 10.5 Å². The first kappa shape index (κ1) is 18.2. The van der Waals surface area contributed by atoms with Crippen LogP contribution in [0.2, 0.25) is 0 Å². The van der Waals surface area contributed by atoms with Gasteiger partial charge in [0.2, 0.25) is 0 Å². The lowest BCUT2D eigenvalue weighted by Gasteiger charge is -2.16. The Hall–Kier alpha value is -2.57. The Bertz CT molecular complexity index is 1050. The standard InChI is InChI=1S/C17H13F3N2O3S/c1-26(23,24)14-3-2-13(12-7-17(19,20)16(22)15(12)14)25-11-5-9(8-21)4-10(18)6-11/h2-6,16H,7,22H2,1H3/t16-/m0/s1. The Balaban J connectivity index is 2.15. The second kappa shape index (κ2) is 6.00. The molecule has 1 aliphatic rings. The Kier molecular flexibility index (Phi) is 4.21. The van der Waals surface area contributed by atoms with E-state index in [0.29, 0.717) is 0 Å². The number of benzene rings is 2. The first-order valence-corrected chi connectivity index (χ1v) is 9.30. The van der Waals surface area contributed by atoms with Gasteiger partial charge in [0, 0.05) is 29.9 Å². The van der Waals surface area contributed by atoms with Crippen LogP contribution < -0.4 is 10.5 Å². The molecular weight excluding hydrogens is 369 g/mol. The van der Waals surface area contributed by atoms with Gasteiger partial charge in [-0.3, -0.25) is 0 Å². The highest BCUT2D eigenvalue weighted by atomic mass is 32.2. The van der Waals surface area contributed by atoms with E-state index in [1.165, 1.54) is 12.1 Å². The first-order valence-electron chi connectivity index (χ1n) is 7.41. The third-order valence-electron chi connectivity index (χ3n) is 4.08. The molecule has 0 aliphatic heterocycles. The number of nitrogens with two attached hydrogens (primary N) is 1. The zero-order valence-electron chi connectivity index (χ0n) is 13.5. The van der Waals surface area contributed by atoms with Crippen molar-refractivity contribution in [2.75, 3.05) is 6.26 Å². The highest BCUT2D eigenvalue weighted by Crippen LogP contribution is 2.48. The molecule has 3 rings (SSSR count). The molecule has 0 bridgehead atoms. The Morgan fingerprint density at radius 1 is 1.31 bits per heavy atom. The van der Waals surface area contributed by atoms with Gasteiger partial charge in [0.1, 0.15) is 17.3 Å². The third-order valence-corrected chi connectivity index (χ3v) is 5.24. The van der Waals surface area contributed by atoms with E-state index >= 15 is 0 Å². The number of nitrogens with zero attached hydrogens (tertiary/aromatic N) is 1. The number of fused-ring (bicyclic) bond motifs is 1. The Morgan fingerprint density at radius 2 is 2.00 bits per heavy atom. The second-order valence-electron chi connectivity index (χ2n) is 6.03. The molecular formula is C17H13F3N2O3S. The van der Waals surface area contributed by atoms with Crippen LogP contribution in [0.4, 0.5) is 13.2 Å². The monoisotopic (exact) mass is 382 g/mol. The van der Waals surface area contributed by atoms with E-state index in [4.69, 9.17) is 15.7 Å². The number of alkyl halides is 2. The lowest BCUT2D eigenvalue weighted by Crippen LogP contribution is -2.29. The van der Waals surface area contributed by atoms with E-state index in [1.54, 1.807) is 6.07 Å². The van der Waals surface area contributed by atoms with Crippen molar-refractivity contribution in [3.63, 3.8) is 0 Å². The molecule has 9 heteroatoms. The summed E-state index contributed by atoms with van der Waals surface area (Å²) in [5.41, 5.74) is 5.32. The summed E-state index contributed by atoms with van der Waals surface area (Å²) in [6, 6.07) is 5.54. The first-order chi connectivity index (χ1) is 12.0. The van der Waals surface area contributed by atoms with Crippen molar-refractivity contribution in [1.82, 2.24) is 0 Å². The number of ether oxygens (including phenoxy) is 1. The Labute approximate surface area is 147 Å². The molecule has 0 fully saturated rings. The molecule has 0 radical (unpaired) electrons. The zero-order chi connectivity index (χ0) is 19.3. The van der Waals surface area contributed by atoms with E-state index in [0.717, 1.165) is 24.5 Å². The molecule has 5 nitrogen and oxygen atoms in total. The molecule has 2 aromatic rings. The lowest BCUT2D eigenvalue weighted by molar-refractivity contribution is -0.0141. The van der Waals surface area contributed by atoms with Crippen LogP contribution in [0.3, 0.4) is 0 Å². The lowest BCUT2D eigenvalue weighted by atomic mass is 10.1. The van der Waals surface area contributed by atoms with Gasteiger partial charge in [0.15, 0.2) is 9.84 Å². The summed E-state index contributed by atoms with van der Waals surface area (Å²) in [7, 11) is -3.79. The highest BCUT2D eigenvalue weighted by Gasteiger charge is 2.49. The maximum Gasteiger partial charge on any atom is 0.271 e. The van der Waals surface area contributed by atoms with Crippen molar-refractivity contribution in [3.05, 3.63) is 52.8 Å². The molecule has 1 aliphatic carbocycles. The zero-order valence-corrected chi connectivity index (χ0v) is 14.3. The Morgan fingerprint density at radius 3 is 2.62 bits per heavy atom. The fourth-order valence-corrected chi connectivity index (χ4v) is 3.90. The quantitative estimate of drug-likeness (QED) is 0.881. The second-order valence-corrected chi connectivity index (χ2v) is 8.02. The maximum atomic E-state index is 14.1. The molecule has 2 N–H and O–H groups in total. The van der Waals surface area contributed by atoms with Gasteiger partial charge in [-0.1, -0.05) is 0 Å². The van der Waals surface area contributed by atoms with Crippen molar-refractivity contribution >= 4 is 9.84 Å². The van der Waals surface area contributed by atoms with Crippen molar-refractivity contribution in [2.24, 2.45) is 5.73 Å². The normalized spacial score (nSPS) is 18.2. The van der Waals surface area contributed by atoms with Gasteiger partial charge in [-0.15, -0.1) is 0 Å². The molecule has 1 atom stereocenters. The fraction of sp³-hybridized carbons (Fsp3) is 0.235. The summed E-state index contributed by atoms with van der Waals surface area (Å²) in [6.07, 6.45) is 0.0979. The van der Waals surface area contributed by atoms with Gasteiger partial charge in [-0.05, 0) is 24.3 Å². The largest absolute Gasteiger partial charge is 0.457 e. The summed E-state index contributed by atoms with van der Waals surface area (Å²) in [4.78, 5) is -0.290. The molecule has 0 amide bonds. The minimum Gasteiger partial charge on any atom is -0.457 e. The van der Waals surface area contributed by atoms with Gasteiger partial charge in [-0.2, -0.15) is 5.26 Å². The van der Waals surface area contributed by atoms with Crippen LogP contribution in [0.5, 0.6) is 11.5 Å². The predicted molar refractivity (Wildman–Crippen MR) is 86.3 cm³/mol. The molecule has 0 saturated heterocycles. The van der Waals surface area contributed by atoms with Crippen molar-refractivity contribution < 1.29 is 26.3 Å². The van der Waals surface area contributed by atoms with E-state index in [2.05, 4.69) is 0 Å². The number of hydrogen-bond acceptors (Lipinski definition) is 5. The smallest absolute Gasteiger partial charge is 0.271 e. The molecule has 26 heavy (non-hydrogen) atoms. The van der Waals surface area contributed by atoms with Crippen LogP contribution in [0.25, 0.3) is 0 Å². The molecule has 2 aromatic carbocycles. The number of rotatable bonds is 3. The van der Waals surface area contributed by atoms with Crippen LogP contribution >= 0.6 is 0 Å². The third kappa shape index (κ3) is 3.13. The molecule has 0 heterocycles. The van der Waals surface area contributed by atoms with E-state index in [1.807, 2.05) is 0 Å². The van der Waals surface area contributed by atoms with Crippen LogP contribution in [-0.4, -0.2) is 20.6 Å². The van der Waals surface area contributed by atoms with Crippen LogP contribution in [-0.2, 0) is 16.3 Å². The molecule has 136 valence electrons. The minimum atomic E-state index is -3.79. The summed E-state index contributed by atoms with van der Waals surface area (Å²) < 4.78 is 71.1. The van der Waals surface area contributed by atoms with Crippen LogP contribution in [0.15, 0.2) is 35.2 Å². The minimum absolute atomic E-state index is 0.00793. The summed E-state index contributed by atoms with van der Waals surface area (Å²) >= 11 is 0. The van der Waals surface area contributed by atoms with Gasteiger partial charge >= 0.3 is 0 Å². The van der Waals surface area contributed by atoms with Gasteiger partial charge in [-0.25, -0.2) is 21.6 Å². The summed E-state index contributed by atoms with van der Waals surface area (Å²) in [6.45, 7) is 0. The van der Waals surface area contributed by atoms with Crippen LogP contribution in [0, 0.1) is 17.1 Å². The SMILES string of the molecule is CS(=O)(=O)c1ccc(Oc2cc(F)cc(C#N)c2)c2c1[C@H](N)C(F)(F)C2. The molecule has 0 spiro atoms. The highest BCUT2D eigenvalue weighted by molar-refractivity contribution is 7.90. The van der Waals surface area contributed by atoms with E-state index in [-0.39, 0.29) is 33.1 Å².